The molecule has 0 saturated heterocycles. The van der Waals surface area contributed by atoms with Gasteiger partial charge in [0.05, 0.1) is 0 Å². The number of carbonyl (C=O) groups is 3. The molecule has 0 radical (unpaired) electrons. The molecule has 6 nitrogen and oxygen atoms in total. The summed E-state index contributed by atoms with van der Waals surface area (Å²) in [6, 6.07) is 0. The maximum atomic E-state index is 12.8. The van der Waals surface area contributed by atoms with Crippen LogP contribution in [0.2, 0.25) is 0 Å². The molecular formula is C65H120O6. The van der Waals surface area contributed by atoms with Crippen LogP contribution >= 0.6 is 0 Å². The zero-order chi connectivity index (χ0) is 51.4. The predicted octanol–water partition coefficient (Wildman–Crippen LogP) is 21.2. The summed E-state index contributed by atoms with van der Waals surface area (Å²) < 4.78 is 16.8. The van der Waals surface area contributed by atoms with Crippen molar-refractivity contribution in [1.29, 1.82) is 0 Å². The van der Waals surface area contributed by atoms with E-state index in [0.29, 0.717) is 19.3 Å². The molecule has 0 aliphatic heterocycles. The number of carbonyl (C=O) groups excluding carboxylic acids is 3. The fourth-order valence-electron chi connectivity index (χ4n) is 9.39. The van der Waals surface area contributed by atoms with Gasteiger partial charge in [-0.1, -0.05) is 301 Å². The average molecular weight is 998 g/mol. The lowest BCUT2D eigenvalue weighted by Crippen LogP contribution is -2.30. The first-order valence-corrected chi connectivity index (χ1v) is 31.5. The van der Waals surface area contributed by atoms with Gasteiger partial charge in [0.2, 0.25) is 0 Å². The topological polar surface area (TPSA) is 78.9 Å². The lowest BCUT2D eigenvalue weighted by molar-refractivity contribution is -0.167. The van der Waals surface area contributed by atoms with Crippen molar-refractivity contribution in [2.75, 3.05) is 13.2 Å². The number of rotatable bonds is 58. The molecule has 0 rings (SSSR count). The summed E-state index contributed by atoms with van der Waals surface area (Å²) in [4.78, 5) is 37.9. The summed E-state index contributed by atoms with van der Waals surface area (Å²) in [5, 5.41) is 0. The number of ether oxygens (including phenoxy) is 3. The van der Waals surface area contributed by atoms with Crippen LogP contribution in [-0.4, -0.2) is 37.2 Å². The molecule has 71 heavy (non-hydrogen) atoms. The summed E-state index contributed by atoms with van der Waals surface area (Å²) in [7, 11) is 0. The monoisotopic (exact) mass is 997 g/mol. The van der Waals surface area contributed by atoms with Gasteiger partial charge in [0.25, 0.3) is 0 Å². The maximum absolute atomic E-state index is 12.8. The van der Waals surface area contributed by atoms with Crippen LogP contribution in [0.15, 0.2) is 36.5 Å². The van der Waals surface area contributed by atoms with E-state index in [9.17, 15) is 14.4 Å². The highest BCUT2D eigenvalue weighted by Gasteiger charge is 2.19. The van der Waals surface area contributed by atoms with E-state index in [0.717, 1.165) is 77.0 Å². The molecule has 6 heteroatoms. The third kappa shape index (κ3) is 58.4. The fourth-order valence-corrected chi connectivity index (χ4v) is 9.39. The van der Waals surface area contributed by atoms with Gasteiger partial charge in [0, 0.05) is 19.3 Å². The summed E-state index contributed by atoms with van der Waals surface area (Å²) >= 11 is 0. The van der Waals surface area contributed by atoms with E-state index in [2.05, 4.69) is 57.2 Å². The van der Waals surface area contributed by atoms with Gasteiger partial charge in [-0.3, -0.25) is 14.4 Å². The Kier molecular flexibility index (Phi) is 58.2. The van der Waals surface area contributed by atoms with Crippen LogP contribution in [0.5, 0.6) is 0 Å². The predicted molar refractivity (Wildman–Crippen MR) is 307 cm³/mol. The number of unbranched alkanes of at least 4 members (excludes halogenated alkanes) is 41. The highest BCUT2D eigenvalue weighted by Crippen LogP contribution is 2.18. The van der Waals surface area contributed by atoms with E-state index in [1.807, 2.05) is 0 Å². The van der Waals surface area contributed by atoms with E-state index < -0.39 is 6.10 Å². The van der Waals surface area contributed by atoms with Gasteiger partial charge in [-0.2, -0.15) is 0 Å². The lowest BCUT2D eigenvalue weighted by atomic mass is 10.0. The minimum absolute atomic E-state index is 0.0705. The largest absolute Gasteiger partial charge is 0.462 e. The van der Waals surface area contributed by atoms with Crippen LogP contribution in [0.4, 0.5) is 0 Å². The van der Waals surface area contributed by atoms with E-state index in [4.69, 9.17) is 14.2 Å². The van der Waals surface area contributed by atoms with Gasteiger partial charge >= 0.3 is 17.9 Å². The van der Waals surface area contributed by atoms with Crippen molar-refractivity contribution in [1.82, 2.24) is 0 Å². The molecule has 0 bridgehead atoms. The summed E-state index contributed by atoms with van der Waals surface area (Å²) in [6.45, 7) is 6.60. The Morgan fingerprint density at radius 2 is 0.507 bits per heavy atom. The van der Waals surface area contributed by atoms with Gasteiger partial charge in [-0.25, -0.2) is 0 Å². The molecular weight excluding hydrogens is 877 g/mol. The summed E-state index contributed by atoms with van der Waals surface area (Å²) in [5.74, 6) is -0.868. The number of hydrogen-bond donors (Lipinski definition) is 0. The van der Waals surface area contributed by atoms with E-state index in [1.165, 1.54) is 225 Å². The zero-order valence-corrected chi connectivity index (χ0v) is 47.8. The van der Waals surface area contributed by atoms with Gasteiger partial charge < -0.3 is 14.2 Å². The Labute approximate surface area is 442 Å². The van der Waals surface area contributed by atoms with Crippen molar-refractivity contribution in [2.24, 2.45) is 0 Å². The Morgan fingerprint density at radius 1 is 0.282 bits per heavy atom. The first-order valence-electron chi connectivity index (χ1n) is 31.5. The smallest absolute Gasteiger partial charge is 0.306 e. The highest BCUT2D eigenvalue weighted by atomic mass is 16.6. The van der Waals surface area contributed by atoms with Crippen LogP contribution < -0.4 is 0 Å². The molecule has 0 aromatic heterocycles. The second-order valence-corrected chi connectivity index (χ2v) is 21.3. The molecule has 0 saturated carbocycles. The standard InChI is InChI=1S/C65H120O6/c1-4-7-10-13-15-17-19-21-23-25-27-29-31-32-34-35-37-39-41-43-45-47-49-52-55-58-64(67)70-61-62(60-69-63(66)57-54-51-12-9-6-3)71-65(68)59-56-53-50-48-46-44-42-40-38-36-33-30-28-26-24-22-20-18-16-14-11-8-5-2/h19,21,25,27,31-32,62H,4-18,20,22-24,26,28-30,33-61H2,1-3H3/b21-19-,27-25-,32-31-. The van der Waals surface area contributed by atoms with Crippen molar-refractivity contribution in [3.8, 4) is 0 Å². The quantitative estimate of drug-likeness (QED) is 0.0261. The van der Waals surface area contributed by atoms with Crippen molar-refractivity contribution < 1.29 is 28.6 Å². The first-order chi connectivity index (χ1) is 35.0. The Hall–Kier alpha value is -2.37. The van der Waals surface area contributed by atoms with Gasteiger partial charge in [-0.15, -0.1) is 0 Å². The molecule has 1 atom stereocenters. The van der Waals surface area contributed by atoms with E-state index in [-0.39, 0.29) is 31.1 Å². The Morgan fingerprint density at radius 3 is 0.789 bits per heavy atom. The third-order valence-corrected chi connectivity index (χ3v) is 14.1. The van der Waals surface area contributed by atoms with Crippen molar-refractivity contribution >= 4 is 17.9 Å². The summed E-state index contributed by atoms with van der Waals surface area (Å²) in [5.41, 5.74) is 0. The lowest BCUT2D eigenvalue weighted by Gasteiger charge is -2.18. The molecule has 0 heterocycles. The minimum atomic E-state index is -0.768. The number of esters is 3. The molecule has 0 N–H and O–H groups in total. The number of hydrogen-bond acceptors (Lipinski definition) is 6. The zero-order valence-electron chi connectivity index (χ0n) is 47.8. The molecule has 0 spiro atoms. The fraction of sp³-hybridized carbons (Fsp3) is 0.862. The van der Waals surface area contributed by atoms with Crippen molar-refractivity contribution in [2.45, 2.75) is 348 Å². The van der Waals surface area contributed by atoms with E-state index in [1.54, 1.807) is 0 Å². The van der Waals surface area contributed by atoms with Crippen LogP contribution in [0.25, 0.3) is 0 Å². The highest BCUT2D eigenvalue weighted by molar-refractivity contribution is 5.71. The molecule has 416 valence electrons. The van der Waals surface area contributed by atoms with Crippen LogP contribution in [0, 0.1) is 0 Å². The molecule has 0 fully saturated rings. The third-order valence-electron chi connectivity index (χ3n) is 14.1. The molecule has 0 aromatic carbocycles. The van der Waals surface area contributed by atoms with Gasteiger partial charge in [0.1, 0.15) is 13.2 Å². The second kappa shape index (κ2) is 60.2. The van der Waals surface area contributed by atoms with Crippen molar-refractivity contribution in [3.05, 3.63) is 36.5 Å². The first kappa shape index (κ1) is 68.6. The Bertz CT molecular complexity index is 1190. The molecule has 0 amide bonds. The van der Waals surface area contributed by atoms with Gasteiger partial charge in [-0.05, 0) is 57.8 Å². The normalized spacial score (nSPS) is 12.2. The second-order valence-electron chi connectivity index (χ2n) is 21.3. The van der Waals surface area contributed by atoms with Crippen molar-refractivity contribution in [3.63, 3.8) is 0 Å². The molecule has 0 aliphatic carbocycles. The minimum Gasteiger partial charge on any atom is -0.462 e. The molecule has 1 unspecified atom stereocenters. The van der Waals surface area contributed by atoms with Crippen LogP contribution in [-0.2, 0) is 28.6 Å². The SMILES string of the molecule is CCCCCCC/C=C\C/C=C\C/C=C\CCCCCCCCCCCCC(=O)OCC(COC(=O)CCCCCCC)OC(=O)CCCCCCCCCCCCCCCCCCCCCCCCC. The molecule has 0 aromatic rings. The van der Waals surface area contributed by atoms with E-state index >= 15 is 0 Å². The summed E-state index contributed by atoms with van der Waals surface area (Å²) in [6.07, 6.45) is 73.4. The van der Waals surface area contributed by atoms with Crippen LogP contribution in [0.3, 0.4) is 0 Å². The number of allylic oxidation sites excluding steroid dienone is 6. The average Bonchev–Trinajstić information content (AvgIpc) is 3.37. The maximum Gasteiger partial charge on any atom is 0.306 e. The Balaban J connectivity index is 4.02. The molecule has 0 aliphatic rings. The van der Waals surface area contributed by atoms with Gasteiger partial charge in [0.15, 0.2) is 6.10 Å². The van der Waals surface area contributed by atoms with Crippen LogP contribution in [0.1, 0.15) is 342 Å².